The molecule has 2 aliphatic heterocycles. The first-order chi connectivity index (χ1) is 8.97. The standard InChI is InChI=1S/C14H24N2O3/c1-4-11-6-5-9(2)16(11)14(19)15-8-7-12(10(15)3)13(17)18/h9-12H,4-8H2,1-3H3,(H,17,18). The van der Waals surface area contributed by atoms with Crippen molar-refractivity contribution in [2.45, 2.75) is 64.6 Å². The quantitative estimate of drug-likeness (QED) is 0.835. The van der Waals surface area contributed by atoms with Crippen molar-refractivity contribution in [2.24, 2.45) is 5.92 Å². The number of carbonyl (C=O) groups is 2. The van der Waals surface area contributed by atoms with Crippen molar-refractivity contribution in [1.29, 1.82) is 0 Å². The lowest BCUT2D eigenvalue weighted by Crippen LogP contribution is -2.50. The van der Waals surface area contributed by atoms with Gasteiger partial charge in [-0.05, 0) is 39.5 Å². The van der Waals surface area contributed by atoms with Crippen molar-refractivity contribution in [1.82, 2.24) is 9.80 Å². The molecule has 5 nitrogen and oxygen atoms in total. The van der Waals surface area contributed by atoms with Gasteiger partial charge in [-0.3, -0.25) is 4.79 Å². The molecular formula is C14H24N2O3. The number of amides is 2. The zero-order valence-electron chi connectivity index (χ0n) is 12.0. The van der Waals surface area contributed by atoms with Crippen molar-refractivity contribution < 1.29 is 14.7 Å². The third-order valence-corrected chi connectivity index (χ3v) is 4.80. The van der Waals surface area contributed by atoms with E-state index < -0.39 is 11.9 Å². The third-order valence-electron chi connectivity index (χ3n) is 4.80. The highest BCUT2D eigenvalue weighted by Crippen LogP contribution is 2.31. The number of rotatable bonds is 2. The van der Waals surface area contributed by atoms with Crippen LogP contribution in [-0.4, -0.2) is 51.6 Å². The molecule has 4 atom stereocenters. The minimum atomic E-state index is -0.788. The van der Waals surface area contributed by atoms with Crippen LogP contribution in [-0.2, 0) is 4.79 Å². The van der Waals surface area contributed by atoms with Crippen molar-refractivity contribution in [2.75, 3.05) is 6.54 Å². The van der Waals surface area contributed by atoms with Crippen LogP contribution in [0.5, 0.6) is 0 Å². The summed E-state index contributed by atoms with van der Waals surface area (Å²) in [6.45, 7) is 6.61. The number of carboxylic acids is 1. The van der Waals surface area contributed by atoms with Crippen LogP contribution in [0.15, 0.2) is 0 Å². The highest BCUT2D eigenvalue weighted by molar-refractivity contribution is 5.79. The van der Waals surface area contributed by atoms with E-state index in [1.165, 1.54) is 0 Å². The Labute approximate surface area is 114 Å². The monoisotopic (exact) mass is 268 g/mol. The second kappa shape index (κ2) is 5.39. The molecule has 1 N–H and O–H groups in total. The lowest BCUT2D eigenvalue weighted by Gasteiger charge is -2.34. The number of hydrogen-bond donors (Lipinski definition) is 1. The molecule has 0 aromatic heterocycles. The summed E-state index contributed by atoms with van der Waals surface area (Å²) in [6, 6.07) is 0.426. The molecule has 0 spiro atoms. The zero-order chi connectivity index (χ0) is 14.2. The molecule has 0 aliphatic carbocycles. The van der Waals surface area contributed by atoms with Crippen LogP contribution in [0, 0.1) is 5.92 Å². The summed E-state index contributed by atoms with van der Waals surface area (Å²) in [6.07, 6.45) is 3.66. The van der Waals surface area contributed by atoms with E-state index in [1.807, 2.05) is 11.8 Å². The summed E-state index contributed by atoms with van der Waals surface area (Å²) in [5.41, 5.74) is 0. The molecule has 5 heteroatoms. The molecule has 2 fully saturated rings. The SMILES string of the molecule is CCC1CCC(C)N1C(=O)N1CCC(C(=O)O)C1C. The van der Waals surface area contributed by atoms with Gasteiger partial charge in [0.25, 0.3) is 0 Å². The number of carboxylic acid groups (broad SMARTS) is 1. The number of hydrogen-bond acceptors (Lipinski definition) is 2. The highest BCUT2D eigenvalue weighted by Gasteiger charge is 2.43. The molecule has 108 valence electrons. The van der Waals surface area contributed by atoms with Gasteiger partial charge in [0.15, 0.2) is 0 Å². The van der Waals surface area contributed by atoms with Crippen molar-refractivity contribution >= 4 is 12.0 Å². The van der Waals surface area contributed by atoms with Gasteiger partial charge in [-0.15, -0.1) is 0 Å². The van der Waals surface area contributed by atoms with E-state index in [0.717, 1.165) is 19.3 Å². The Morgan fingerprint density at radius 3 is 2.42 bits per heavy atom. The summed E-state index contributed by atoms with van der Waals surface area (Å²) in [4.78, 5) is 27.5. The minimum Gasteiger partial charge on any atom is -0.481 e. The van der Waals surface area contributed by atoms with Crippen molar-refractivity contribution in [3.63, 3.8) is 0 Å². The van der Waals surface area contributed by atoms with Crippen LogP contribution in [0.1, 0.15) is 46.5 Å². The van der Waals surface area contributed by atoms with E-state index in [0.29, 0.717) is 19.0 Å². The number of nitrogens with zero attached hydrogens (tertiary/aromatic N) is 2. The Kier molecular flexibility index (Phi) is 4.02. The van der Waals surface area contributed by atoms with Crippen LogP contribution in [0.2, 0.25) is 0 Å². The Morgan fingerprint density at radius 1 is 1.21 bits per heavy atom. The molecule has 0 bridgehead atoms. The molecule has 2 amide bonds. The van der Waals surface area contributed by atoms with E-state index in [-0.39, 0.29) is 18.1 Å². The second-order valence-electron chi connectivity index (χ2n) is 5.85. The Bertz CT molecular complexity index is 372. The number of aliphatic carboxylic acids is 1. The first-order valence-corrected chi connectivity index (χ1v) is 7.29. The maximum absolute atomic E-state index is 12.7. The van der Waals surface area contributed by atoms with Crippen molar-refractivity contribution in [3.8, 4) is 0 Å². The van der Waals surface area contributed by atoms with E-state index in [9.17, 15) is 9.59 Å². The zero-order valence-corrected chi connectivity index (χ0v) is 12.0. The molecule has 2 rings (SSSR count). The maximum atomic E-state index is 12.7. The minimum absolute atomic E-state index is 0.0353. The Hall–Kier alpha value is -1.26. The van der Waals surface area contributed by atoms with E-state index in [2.05, 4.69) is 13.8 Å². The summed E-state index contributed by atoms with van der Waals surface area (Å²) < 4.78 is 0. The second-order valence-corrected chi connectivity index (χ2v) is 5.85. The lowest BCUT2D eigenvalue weighted by molar-refractivity contribution is -0.142. The van der Waals surface area contributed by atoms with Crippen LogP contribution < -0.4 is 0 Å². The van der Waals surface area contributed by atoms with Crippen molar-refractivity contribution in [3.05, 3.63) is 0 Å². The molecule has 0 saturated carbocycles. The number of likely N-dealkylation sites (tertiary alicyclic amines) is 2. The molecule has 2 heterocycles. The van der Waals surface area contributed by atoms with E-state index in [4.69, 9.17) is 5.11 Å². The largest absolute Gasteiger partial charge is 0.481 e. The summed E-state index contributed by atoms with van der Waals surface area (Å²) in [7, 11) is 0. The summed E-state index contributed by atoms with van der Waals surface area (Å²) >= 11 is 0. The van der Waals surface area contributed by atoms with Crippen LogP contribution in [0.4, 0.5) is 4.79 Å². The number of urea groups is 1. The smallest absolute Gasteiger partial charge is 0.320 e. The van der Waals surface area contributed by atoms with Gasteiger partial charge in [-0.1, -0.05) is 6.92 Å². The topological polar surface area (TPSA) is 60.9 Å². The normalized spacial score (nSPS) is 34.9. The van der Waals surface area contributed by atoms with Gasteiger partial charge in [-0.2, -0.15) is 0 Å². The number of carbonyl (C=O) groups excluding carboxylic acids is 1. The maximum Gasteiger partial charge on any atom is 0.320 e. The molecule has 19 heavy (non-hydrogen) atoms. The molecule has 2 saturated heterocycles. The van der Waals surface area contributed by atoms with E-state index >= 15 is 0 Å². The molecule has 0 radical (unpaired) electrons. The predicted molar refractivity (Wildman–Crippen MR) is 71.9 cm³/mol. The van der Waals surface area contributed by atoms with Gasteiger partial charge in [0, 0.05) is 24.7 Å². The molecular weight excluding hydrogens is 244 g/mol. The summed E-state index contributed by atoms with van der Waals surface area (Å²) in [5, 5.41) is 9.15. The third kappa shape index (κ3) is 2.42. The fraction of sp³-hybridized carbons (Fsp3) is 0.857. The fourth-order valence-corrected chi connectivity index (χ4v) is 3.51. The Morgan fingerprint density at radius 2 is 1.89 bits per heavy atom. The van der Waals surface area contributed by atoms with Gasteiger partial charge < -0.3 is 14.9 Å². The lowest BCUT2D eigenvalue weighted by atomic mass is 10.0. The van der Waals surface area contributed by atoms with Crippen LogP contribution in [0.25, 0.3) is 0 Å². The highest BCUT2D eigenvalue weighted by atomic mass is 16.4. The average Bonchev–Trinajstić information content (AvgIpc) is 2.91. The first kappa shape index (κ1) is 14.2. The van der Waals surface area contributed by atoms with Gasteiger partial charge in [-0.25, -0.2) is 4.79 Å². The van der Waals surface area contributed by atoms with Gasteiger partial charge in [0.2, 0.25) is 0 Å². The molecule has 0 aromatic carbocycles. The molecule has 0 aromatic rings. The Balaban J connectivity index is 2.10. The van der Waals surface area contributed by atoms with Gasteiger partial charge in [0.1, 0.15) is 0 Å². The summed E-state index contributed by atoms with van der Waals surface area (Å²) in [5.74, 6) is -1.20. The fourth-order valence-electron chi connectivity index (χ4n) is 3.51. The average molecular weight is 268 g/mol. The van der Waals surface area contributed by atoms with Crippen LogP contribution in [0.3, 0.4) is 0 Å². The predicted octanol–water partition coefficient (Wildman–Crippen LogP) is 2.16. The van der Waals surface area contributed by atoms with Crippen LogP contribution >= 0.6 is 0 Å². The van der Waals surface area contributed by atoms with Gasteiger partial charge in [0.05, 0.1) is 5.92 Å². The van der Waals surface area contributed by atoms with E-state index in [1.54, 1.807) is 4.90 Å². The molecule has 4 unspecified atom stereocenters. The molecule has 2 aliphatic rings. The van der Waals surface area contributed by atoms with Gasteiger partial charge >= 0.3 is 12.0 Å². The first-order valence-electron chi connectivity index (χ1n) is 7.29.